The van der Waals surface area contributed by atoms with E-state index in [4.69, 9.17) is 5.73 Å². The average molecular weight is 207 g/mol. The summed E-state index contributed by atoms with van der Waals surface area (Å²) in [5.41, 5.74) is 6.35. The predicted molar refractivity (Wildman–Crippen MR) is 61.7 cm³/mol. The zero-order valence-electron chi connectivity index (χ0n) is 8.86. The molecule has 0 bridgehead atoms. The Morgan fingerprint density at radius 3 is 2.67 bits per heavy atom. The van der Waals surface area contributed by atoms with Crippen LogP contribution in [0.3, 0.4) is 0 Å². The van der Waals surface area contributed by atoms with Crippen LogP contribution in [0, 0.1) is 0 Å². The van der Waals surface area contributed by atoms with Crippen LogP contribution in [0.1, 0.15) is 13.3 Å². The number of benzene rings is 1. The summed E-state index contributed by atoms with van der Waals surface area (Å²) in [5, 5.41) is 5.46. The first-order chi connectivity index (χ1) is 7.18. The molecule has 2 amide bonds. The molecule has 82 valence electrons. The number of carbonyl (C=O) groups is 1. The van der Waals surface area contributed by atoms with E-state index in [-0.39, 0.29) is 12.1 Å². The zero-order valence-corrected chi connectivity index (χ0v) is 8.86. The van der Waals surface area contributed by atoms with Gasteiger partial charge in [0.05, 0.1) is 0 Å². The van der Waals surface area contributed by atoms with Crippen molar-refractivity contribution in [1.29, 1.82) is 0 Å². The minimum atomic E-state index is -0.193. The Balaban J connectivity index is 2.25. The molecule has 0 aliphatic heterocycles. The van der Waals surface area contributed by atoms with Crippen molar-refractivity contribution in [2.24, 2.45) is 5.73 Å². The fraction of sp³-hybridized carbons (Fsp3) is 0.364. The summed E-state index contributed by atoms with van der Waals surface area (Å²) < 4.78 is 0. The summed E-state index contributed by atoms with van der Waals surface area (Å²) >= 11 is 0. The first-order valence-corrected chi connectivity index (χ1v) is 5.04. The quantitative estimate of drug-likeness (QED) is 0.701. The van der Waals surface area contributed by atoms with Crippen LogP contribution in [0.2, 0.25) is 0 Å². The molecule has 15 heavy (non-hydrogen) atoms. The van der Waals surface area contributed by atoms with E-state index in [9.17, 15) is 4.79 Å². The average Bonchev–Trinajstić information content (AvgIpc) is 2.18. The lowest BCUT2D eigenvalue weighted by atomic mass is 10.2. The molecule has 4 N–H and O–H groups in total. The third-order valence-electron chi connectivity index (χ3n) is 1.92. The van der Waals surface area contributed by atoms with E-state index in [1.807, 2.05) is 37.3 Å². The third-order valence-corrected chi connectivity index (χ3v) is 1.92. The maximum atomic E-state index is 11.3. The van der Waals surface area contributed by atoms with Crippen molar-refractivity contribution < 1.29 is 4.79 Å². The summed E-state index contributed by atoms with van der Waals surface area (Å²) in [6, 6.07) is 9.24. The van der Waals surface area contributed by atoms with Crippen LogP contribution >= 0.6 is 0 Å². The minimum Gasteiger partial charge on any atom is -0.338 e. The Labute approximate surface area is 89.9 Å². The molecule has 0 heterocycles. The number of anilines is 1. The zero-order chi connectivity index (χ0) is 11.1. The Morgan fingerprint density at radius 1 is 1.40 bits per heavy atom. The highest BCUT2D eigenvalue weighted by atomic mass is 16.2. The number of hydrogen-bond acceptors (Lipinski definition) is 2. The lowest BCUT2D eigenvalue weighted by Crippen LogP contribution is -2.32. The third kappa shape index (κ3) is 5.02. The summed E-state index contributed by atoms with van der Waals surface area (Å²) in [6.07, 6.45) is 0.780. The molecule has 0 aliphatic rings. The van der Waals surface area contributed by atoms with Crippen molar-refractivity contribution in [2.75, 3.05) is 11.9 Å². The van der Waals surface area contributed by atoms with Crippen molar-refractivity contribution in [3.63, 3.8) is 0 Å². The highest BCUT2D eigenvalue weighted by Gasteiger charge is 2.00. The fourth-order valence-corrected chi connectivity index (χ4v) is 1.11. The van der Waals surface area contributed by atoms with Gasteiger partial charge in [-0.25, -0.2) is 4.79 Å². The molecule has 0 spiro atoms. The topological polar surface area (TPSA) is 67.1 Å². The van der Waals surface area contributed by atoms with Gasteiger partial charge in [0.2, 0.25) is 0 Å². The number of carbonyl (C=O) groups excluding carboxylic acids is 1. The molecule has 1 aromatic carbocycles. The van der Waals surface area contributed by atoms with Gasteiger partial charge in [-0.3, -0.25) is 0 Å². The molecule has 4 heteroatoms. The highest BCUT2D eigenvalue weighted by Crippen LogP contribution is 2.03. The molecule has 0 saturated heterocycles. The van der Waals surface area contributed by atoms with E-state index in [1.165, 1.54) is 0 Å². The number of nitrogens with one attached hydrogen (secondary N) is 2. The number of hydrogen-bond donors (Lipinski definition) is 3. The second-order valence-electron chi connectivity index (χ2n) is 3.51. The summed E-state index contributed by atoms with van der Waals surface area (Å²) in [6.45, 7) is 2.51. The van der Waals surface area contributed by atoms with Crippen molar-refractivity contribution in [3.8, 4) is 0 Å². The number of urea groups is 1. The Hall–Kier alpha value is -1.55. The predicted octanol–water partition coefficient (Wildman–Crippen LogP) is 1.55. The summed E-state index contributed by atoms with van der Waals surface area (Å²) in [5.74, 6) is 0. The van der Waals surface area contributed by atoms with Gasteiger partial charge in [0, 0.05) is 18.3 Å². The molecule has 0 fully saturated rings. The van der Waals surface area contributed by atoms with Crippen molar-refractivity contribution in [2.45, 2.75) is 19.4 Å². The Bertz CT molecular complexity index is 298. The van der Waals surface area contributed by atoms with E-state index in [2.05, 4.69) is 10.6 Å². The van der Waals surface area contributed by atoms with Crippen LogP contribution in [-0.4, -0.2) is 18.6 Å². The number of nitrogens with two attached hydrogens (primary N) is 1. The second-order valence-corrected chi connectivity index (χ2v) is 3.51. The van der Waals surface area contributed by atoms with Crippen molar-refractivity contribution in [1.82, 2.24) is 5.32 Å². The SMILES string of the molecule is CC(N)CCNC(=O)Nc1ccccc1. The largest absolute Gasteiger partial charge is 0.338 e. The smallest absolute Gasteiger partial charge is 0.319 e. The minimum absolute atomic E-state index is 0.113. The molecule has 0 aromatic heterocycles. The molecule has 1 rings (SSSR count). The van der Waals surface area contributed by atoms with E-state index >= 15 is 0 Å². The summed E-state index contributed by atoms with van der Waals surface area (Å²) in [7, 11) is 0. The Kier molecular flexibility index (Phi) is 4.63. The van der Waals surface area contributed by atoms with E-state index in [0.29, 0.717) is 6.54 Å². The second kappa shape index (κ2) is 6.03. The van der Waals surface area contributed by atoms with Crippen LogP contribution in [-0.2, 0) is 0 Å². The monoisotopic (exact) mass is 207 g/mol. The Morgan fingerprint density at radius 2 is 2.07 bits per heavy atom. The van der Waals surface area contributed by atoms with Gasteiger partial charge >= 0.3 is 6.03 Å². The van der Waals surface area contributed by atoms with Gasteiger partial charge in [-0.1, -0.05) is 18.2 Å². The molecule has 0 saturated carbocycles. The molecule has 0 radical (unpaired) electrons. The molecule has 4 nitrogen and oxygen atoms in total. The number of rotatable bonds is 4. The first kappa shape index (κ1) is 11.5. The molecule has 1 unspecified atom stereocenters. The van der Waals surface area contributed by atoms with Crippen LogP contribution < -0.4 is 16.4 Å². The van der Waals surface area contributed by atoms with E-state index < -0.39 is 0 Å². The van der Waals surface area contributed by atoms with Gasteiger partial charge < -0.3 is 16.4 Å². The normalized spacial score (nSPS) is 11.9. The van der Waals surface area contributed by atoms with Gasteiger partial charge in [-0.2, -0.15) is 0 Å². The van der Waals surface area contributed by atoms with Crippen LogP contribution in [0.15, 0.2) is 30.3 Å². The molecule has 1 atom stereocenters. The van der Waals surface area contributed by atoms with Crippen molar-refractivity contribution >= 4 is 11.7 Å². The van der Waals surface area contributed by atoms with Crippen molar-refractivity contribution in [3.05, 3.63) is 30.3 Å². The van der Waals surface area contributed by atoms with Gasteiger partial charge in [0.25, 0.3) is 0 Å². The van der Waals surface area contributed by atoms with Crippen LogP contribution in [0.5, 0.6) is 0 Å². The van der Waals surface area contributed by atoms with Gasteiger partial charge in [-0.15, -0.1) is 0 Å². The highest BCUT2D eigenvalue weighted by molar-refractivity contribution is 5.89. The summed E-state index contributed by atoms with van der Waals surface area (Å²) in [4.78, 5) is 11.3. The standard InChI is InChI=1S/C11H17N3O/c1-9(12)7-8-13-11(15)14-10-5-3-2-4-6-10/h2-6,9H,7-8,12H2,1H3,(H2,13,14,15). The molecular formula is C11H17N3O. The van der Waals surface area contributed by atoms with Gasteiger partial charge in [-0.05, 0) is 25.5 Å². The van der Waals surface area contributed by atoms with Crippen LogP contribution in [0.25, 0.3) is 0 Å². The maximum absolute atomic E-state index is 11.3. The van der Waals surface area contributed by atoms with E-state index in [0.717, 1.165) is 12.1 Å². The first-order valence-electron chi connectivity index (χ1n) is 5.04. The van der Waals surface area contributed by atoms with Crippen LogP contribution in [0.4, 0.5) is 10.5 Å². The lowest BCUT2D eigenvalue weighted by molar-refractivity contribution is 0.252. The maximum Gasteiger partial charge on any atom is 0.319 e. The molecule has 0 aliphatic carbocycles. The number of amides is 2. The molecule has 1 aromatic rings. The van der Waals surface area contributed by atoms with Gasteiger partial charge in [0.1, 0.15) is 0 Å². The lowest BCUT2D eigenvalue weighted by Gasteiger charge is -2.08. The van der Waals surface area contributed by atoms with Gasteiger partial charge in [0.15, 0.2) is 0 Å². The molecular weight excluding hydrogens is 190 g/mol. The fourth-order valence-electron chi connectivity index (χ4n) is 1.11. The number of para-hydroxylation sites is 1. The van der Waals surface area contributed by atoms with E-state index in [1.54, 1.807) is 0 Å².